The fourth-order valence-corrected chi connectivity index (χ4v) is 2.06. The number of nitrogen functional groups attached to an aromatic ring is 1. The second-order valence-electron chi connectivity index (χ2n) is 4.89. The van der Waals surface area contributed by atoms with Gasteiger partial charge in [-0.25, -0.2) is 0 Å². The molecular formula is C12H20N6O3. The Balaban J connectivity index is 2.17. The quantitative estimate of drug-likeness (QED) is 0.692. The van der Waals surface area contributed by atoms with Crippen LogP contribution in [-0.2, 0) is 20.8 Å². The number of morpholine rings is 1. The van der Waals surface area contributed by atoms with Crippen molar-refractivity contribution >= 4 is 17.9 Å². The van der Waals surface area contributed by atoms with Gasteiger partial charge in [0.05, 0.1) is 26.9 Å². The highest BCUT2D eigenvalue weighted by molar-refractivity contribution is 5.75. The number of carbonyl (C=O) groups is 1. The zero-order chi connectivity index (χ0) is 15.4. The fourth-order valence-electron chi connectivity index (χ4n) is 2.06. The number of aromatic nitrogens is 3. The first-order chi connectivity index (χ1) is 10.0. The maximum atomic E-state index is 11.8. The third-order valence-electron chi connectivity index (χ3n) is 3.14. The minimum Gasteiger partial charge on any atom is -0.468 e. The first-order valence-electron chi connectivity index (χ1n) is 6.58. The Morgan fingerprint density at radius 1 is 1.48 bits per heavy atom. The van der Waals surface area contributed by atoms with Gasteiger partial charge in [-0.1, -0.05) is 0 Å². The van der Waals surface area contributed by atoms with Gasteiger partial charge in [-0.15, -0.1) is 0 Å². The van der Waals surface area contributed by atoms with Crippen molar-refractivity contribution in [3.63, 3.8) is 0 Å². The maximum absolute atomic E-state index is 11.8. The molecule has 0 spiro atoms. The van der Waals surface area contributed by atoms with E-state index in [-0.39, 0.29) is 11.9 Å². The van der Waals surface area contributed by atoms with Gasteiger partial charge in [-0.3, -0.25) is 9.69 Å². The lowest BCUT2D eigenvalue weighted by atomic mass is 10.2. The van der Waals surface area contributed by atoms with Crippen molar-refractivity contribution in [2.45, 2.75) is 12.6 Å². The highest BCUT2D eigenvalue weighted by Gasteiger charge is 2.31. The summed E-state index contributed by atoms with van der Waals surface area (Å²) in [5.41, 5.74) is 5.70. The number of esters is 1. The van der Waals surface area contributed by atoms with Crippen LogP contribution in [0.2, 0.25) is 0 Å². The van der Waals surface area contributed by atoms with Gasteiger partial charge in [-0.2, -0.15) is 15.0 Å². The minimum absolute atomic E-state index is 0.159. The summed E-state index contributed by atoms with van der Waals surface area (Å²) in [5, 5.41) is 0. The predicted octanol–water partition coefficient (Wildman–Crippen LogP) is -1.11. The van der Waals surface area contributed by atoms with Crippen LogP contribution >= 0.6 is 0 Å². The van der Waals surface area contributed by atoms with Crippen LogP contribution in [0.4, 0.5) is 11.9 Å². The third-order valence-corrected chi connectivity index (χ3v) is 3.14. The summed E-state index contributed by atoms with van der Waals surface area (Å²) in [6.07, 6.45) is 0. The Hall–Kier alpha value is -2.00. The van der Waals surface area contributed by atoms with Gasteiger partial charge in [0, 0.05) is 20.6 Å². The number of hydrogen-bond acceptors (Lipinski definition) is 9. The molecule has 1 atom stereocenters. The van der Waals surface area contributed by atoms with Gasteiger partial charge in [-0.05, 0) is 0 Å². The molecule has 0 amide bonds. The summed E-state index contributed by atoms with van der Waals surface area (Å²) in [4.78, 5) is 28.0. The van der Waals surface area contributed by atoms with E-state index in [1.807, 2.05) is 19.0 Å². The van der Waals surface area contributed by atoms with E-state index in [9.17, 15) is 4.79 Å². The Labute approximate surface area is 123 Å². The van der Waals surface area contributed by atoms with Crippen LogP contribution in [0.5, 0.6) is 0 Å². The summed E-state index contributed by atoms with van der Waals surface area (Å²) >= 11 is 0. The number of ether oxygens (including phenoxy) is 2. The molecular weight excluding hydrogens is 276 g/mol. The molecule has 0 aromatic carbocycles. The van der Waals surface area contributed by atoms with Crippen LogP contribution < -0.4 is 10.6 Å². The Morgan fingerprint density at radius 2 is 2.24 bits per heavy atom. The van der Waals surface area contributed by atoms with Gasteiger partial charge in [0.25, 0.3) is 0 Å². The number of nitrogens with two attached hydrogens (primary N) is 1. The van der Waals surface area contributed by atoms with E-state index in [0.29, 0.717) is 38.1 Å². The molecule has 1 unspecified atom stereocenters. The summed E-state index contributed by atoms with van der Waals surface area (Å²) in [6.45, 7) is 1.84. The number of hydrogen-bond donors (Lipinski definition) is 1. The van der Waals surface area contributed by atoms with Crippen molar-refractivity contribution < 1.29 is 14.3 Å². The van der Waals surface area contributed by atoms with E-state index in [2.05, 4.69) is 15.0 Å². The second kappa shape index (κ2) is 6.64. The molecule has 9 nitrogen and oxygen atoms in total. The topological polar surface area (TPSA) is 107 Å². The van der Waals surface area contributed by atoms with Crippen LogP contribution in [0.15, 0.2) is 0 Å². The zero-order valence-electron chi connectivity index (χ0n) is 12.4. The van der Waals surface area contributed by atoms with E-state index in [4.69, 9.17) is 15.2 Å². The van der Waals surface area contributed by atoms with Crippen molar-refractivity contribution in [2.24, 2.45) is 0 Å². The Kier molecular flexibility index (Phi) is 4.86. The second-order valence-corrected chi connectivity index (χ2v) is 4.89. The van der Waals surface area contributed by atoms with Gasteiger partial charge < -0.3 is 20.1 Å². The SMILES string of the molecule is COC(=O)C1COCCN1Cc1nc(N)nc(N(C)C)n1. The molecule has 2 rings (SSSR count). The summed E-state index contributed by atoms with van der Waals surface area (Å²) in [6, 6.07) is -0.454. The van der Waals surface area contributed by atoms with Gasteiger partial charge in [0.2, 0.25) is 11.9 Å². The molecule has 1 aromatic heterocycles. The Bertz CT molecular complexity index is 510. The first kappa shape index (κ1) is 15.4. The molecule has 9 heteroatoms. The molecule has 1 aliphatic rings. The Morgan fingerprint density at radius 3 is 2.90 bits per heavy atom. The largest absolute Gasteiger partial charge is 0.468 e. The van der Waals surface area contributed by atoms with Crippen molar-refractivity contribution in [2.75, 3.05) is 51.6 Å². The van der Waals surface area contributed by atoms with Crippen molar-refractivity contribution in [3.8, 4) is 0 Å². The zero-order valence-corrected chi connectivity index (χ0v) is 12.4. The maximum Gasteiger partial charge on any atom is 0.325 e. The highest BCUT2D eigenvalue weighted by atomic mass is 16.5. The highest BCUT2D eigenvalue weighted by Crippen LogP contribution is 2.13. The van der Waals surface area contributed by atoms with Crippen molar-refractivity contribution in [3.05, 3.63) is 5.82 Å². The minimum atomic E-state index is -0.454. The molecule has 116 valence electrons. The lowest BCUT2D eigenvalue weighted by molar-refractivity contribution is -0.153. The molecule has 0 saturated carbocycles. The summed E-state index contributed by atoms with van der Waals surface area (Å²) in [7, 11) is 5.01. The van der Waals surface area contributed by atoms with Crippen LogP contribution in [0, 0.1) is 0 Å². The van der Waals surface area contributed by atoms with Crippen LogP contribution in [-0.4, -0.2) is 72.8 Å². The molecule has 2 heterocycles. The van der Waals surface area contributed by atoms with E-state index in [1.54, 1.807) is 4.90 Å². The first-order valence-corrected chi connectivity index (χ1v) is 6.58. The third kappa shape index (κ3) is 3.76. The van der Waals surface area contributed by atoms with E-state index in [0.717, 1.165) is 0 Å². The number of methoxy groups -OCH3 is 1. The monoisotopic (exact) mass is 296 g/mol. The number of carbonyl (C=O) groups excluding carboxylic acids is 1. The molecule has 1 aromatic rings. The molecule has 2 N–H and O–H groups in total. The van der Waals surface area contributed by atoms with Crippen LogP contribution in [0.25, 0.3) is 0 Å². The lowest BCUT2D eigenvalue weighted by Crippen LogP contribution is -2.50. The van der Waals surface area contributed by atoms with Gasteiger partial charge >= 0.3 is 5.97 Å². The number of anilines is 2. The van der Waals surface area contributed by atoms with E-state index >= 15 is 0 Å². The summed E-state index contributed by atoms with van der Waals surface area (Å²) < 4.78 is 10.1. The predicted molar refractivity (Wildman–Crippen MR) is 75.6 cm³/mol. The fraction of sp³-hybridized carbons (Fsp3) is 0.667. The van der Waals surface area contributed by atoms with Crippen LogP contribution in [0.1, 0.15) is 5.82 Å². The van der Waals surface area contributed by atoms with Gasteiger partial charge in [0.15, 0.2) is 0 Å². The van der Waals surface area contributed by atoms with E-state index in [1.165, 1.54) is 7.11 Å². The molecule has 0 bridgehead atoms. The smallest absolute Gasteiger partial charge is 0.325 e. The standard InChI is InChI=1S/C12H20N6O3/c1-17(2)12-15-9(14-11(13)16-12)6-18-4-5-21-7-8(18)10(19)20-3/h8H,4-7H2,1-3H3,(H2,13,14,15,16). The number of nitrogens with zero attached hydrogens (tertiary/aromatic N) is 5. The normalized spacial score (nSPS) is 19.3. The van der Waals surface area contributed by atoms with Crippen molar-refractivity contribution in [1.29, 1.82) is 0 Å². The molecule has 0 aliphatic carbocycles. The van der Waals surface area contributed by atoms with Crippen molar-refractivity contribution in [1.82, 2.24) is 19.9 Å². The molecule has 1 fully saturated rings. The average Bonchev–Trinajstić information content (AvgIpc) is 2.46. The molecule has 0 radical (unpaired) electrons. The summed E-state index contributed by atoms with van der Waals surface area (Å²) in [5.74, 6) is 0.832. The van der Waals surface area contributed by atoms with Crippen LogP contribution in [0.3, 0.4) is 0 Å². The molecule has 1 saturated heterocycles. The average molecular weight is 296 g/mol. The molecule has 21 heavy (non-hydrogen) atoms. The van der Waals surface area contributed by atoms with Gasteiger partial charge in [0.1, 0.15) is 11.9 Å². The molecule has 1 aliphatic heterocycles. The van der Waals surface area contributed by atoms with E-state index < -0.39 is 6.04 Å². The lowest BCUT2D eigenvalue weighted by Gasteiger charge is -2.32. The number of rotatable bonds is 4.